The Morgan fingerprint density at radius 2 is 0.767 bits per heavy atom. The number of carboxylic acid groups (broad SMARTS) is 1. The van der Waals surface area contributed by atoms with Gasteiger partial charge in [-0.1, -0.05) is 133 Å². The Morgan fingerprint density at radius 3 is 0.944 bits per heavy atom. The summed E-state index contributed by atoms with van der Waals surface area (Å²) in [6.45, 7) is -4.19. The van der Waals surface area contributed by atoms with Crippen LogP contribution in [-0.2, 0) is 77.3 Å². The molecule has 0 radical (unpaired) electrons. The van der Waals surface area contributed by atoms with Crippen molar-refractivity contribution in [2.75, 3.05) is 63.6 Å². The molecular weight excluding hydrogens is 1470 g/mol. The molecule has 6 atom stereocenters. The van der Waals surface area contributed by atoms with Gasteiger partial charge in [-0.15, -0.1) is 23.2 Å². The number of hydrogen-bond acceptors (Lipinski definition) is 17. The fraction of sp³-hybridized carbons (Fsp3) is 0.468. The predicted molar refractivity (Wildman–Crippen MR) is 326 cm³/mol. The summed E-state index contributed by atoms with van der Waals surface area (Å²) in [5.74, 6) is -6.96. The van der Waals surface area contributed by atoms with Gasteiger partial charge in [0.2, 0.25) is 0 Å². The van der Waals surface area contributed by atoms with E-state index in [1.54, 1.807) is 0 Å². The van der Waals surface area contributed by atoms with Crippen molar-refractivity contribution in [2.45, 2.75) is 87.9 Å². The maximum atomic E-state index is 13.5. The minimum atomic E-state index is -3.48. The van der Waals surface area contributed by atoms with E-state index in [1.165, 1.54) is 77.7 Å². The Bertz CT molecular complexity index is 3000. The Morgan fingerprint density at radius 1 is 0.533 bits per heavy atom. The first-order chi connectivity index (χ1) is 39.5. The number of carboxylic acids is 1. The van der Waals surface area contributed by atoms with Gasteiger partial charge in [0.05, 0.1) is 32.8 Å². The molecule has 3 aromatic rings. The van der Waals surface area contributed by atoms with Gasteiger partial charge >= 0.3 is 53.4 Å². The molecule has 3 amide bonds. The van der Waals surface area contributed by atoms with Gasteiger partial charge < -0.3 is 64.5 Å². The molecule has 0 saturated carbocycles. The van der Waals surface area contributed by atoms with Crippen LogP contribution in [0.2, 0.25) is 0 Å². The zero-order valence-electron chi connectivity index (χ0n) is 45.2. The van der Waals surface area contributed by atoms with Gasteiger partial charge in [-0.05, 0) is 58.6 Å². The molecule has 0 aliphatic rings. The van der Waals surface area contributed by atoms with E-state index in [2.05, 4.69) is 31.7 Å². The SMILES string of the molecule is C.C.C.CS(=O)(=O)c1ccc([C@@H](OC(=O)CCl)[C@@H](CF)NC(=O)C(Cl)Cl)cc1.CS(=O)(=O)c1ccc([C@@H](OC(=O)CN=[N+]=[N-])[C@@H](CF)NC(=O)C(Cl)Cl)cc1.CS(=O)(=O)c1ccc([C@@H](OC(=O)C[NH3+])[C@@H](CF)NC(=O)C(Cl)Cl)cc1.O=C(O)CCl.[Cl-].[N-]=[N+]=[N-].[Na+]. The van der Waals surface area contributed by atoms with Crippen LogP contribution in [0.3, 0.4) is 0 Å². The molecule has 0 aromatic heterocycles. The van der Waals surface area contributed by atoms with Crippen LogP contribution in [0.1, 0.15) is 57.3 Å². The van der Waals surface area contributed by atoms with Crippen LogP contribution in [0.5, 0.6) is 0 Å². The number of benzene rings is 3. The second kappa shape index (κ2) is 51.2. The Labute approximate surface area is 586 Å². The number of azide groups is 1. The third-order valence-electron chi connectivity index (χ3n) is 9.55. The molecule has 90 heavy (non-hydrogen) atoms. The van der Waals surface area contributed by atoms with Gasteiger partial charge in [-0.3, -0.25) is 33.7 Å². The summed E-state index contributed by atoms with van der Waals surface area (Å²) in [6.07, 6.45) is -0.733. The normalized spacial score (nSPS) is 12.3. The number of nitrogens with zero attached hydrogens (tertiary/aromatic N) is 6. The minimum absolute atomic E-state index is 0. The van der Waals surface area contributed by atoms with Gasteiger partial charge in [0.15, 0.2) is 50.6 Å². The summed E-state index contributed by atoms with van der Waals surface area (Å²) in [5, 5.41) is 17.3. The van der Waals surface area contributed by atoms with Crippen molar-refractivity contribution >= 4 is 164 Å². The molecule has 27 nitrogen and oxygen atoms in total. The first kappa shape index (κ1) is 99.3. The fourth-order valence-corrected chi connectivity index (χ4v) is 8.16. The van der Waals surface area contributed by atoms with Crippen LogP contribution in [0, 0.1) is 0 Å². The van der Waals surface area contributed by atoms with Crippen LogP contribution >= 0.6 is 92.8 Å². The van der Waals surface area contributed by atoms with Crippen molar-refractivity contribution in [3.63, 3.8) is 0 Å². The van der Waals surface area contributed by atoms with Crippen molar-refractivity contribution < 1.29 is 139 Å². The molecule has 0 unspecified atom stereocenters. The molecule has 0 spiro atoms. The van der Waals surface area contributed by atoms with Crippen LogP contribution in [0.4, 0.5) is 13.2 Å². The van der Waals surface area contributed by atoms with Gasteiger partial charge in [-0.2, -0.15) is 0 Å². The number of carbonyl (C=O) groups is 7. The molecule has 3 rings (SSSR count). The number of hydrogen-bond donors (Lipinski definition) is 5. The van der Waals surface area contributed by atoms with E-state index < -0.39 is 155 Å². The van der Waals surface area contributed by atoms with Crippen LogP contribution in [0.15, 0.2) is 92.6 Å². The second-order valence-electron chi connectivity index (χ2n) is 15.9. The monoisotopic (exact) mass is 1530 g/mol. The molecule has 3 aromatic carbocycles. The average molecular weight is 1540 g/mol. The number of esters is 3. The molecule has 0 saturated heterocycles. The van der Waals surface area contributed by atoms with E-state index in [0.29, 0.717) is 0 Å². The number of ether oxygens (including phenoxy) is 3. The quantitative estimate of drug-likeness (QED) is 0.0145. The number of halogens is 12. The van der Waals surface area contributed by atoms with Gasteiger partial charge in [0.25, 0.3) is 17.7 Å². The van der Waals surface area contributed by atoms with E-state index in [-0.39, 0.29) is 108 Å². The number of rotatable bonds is 26. The van der Waals surface area contributed by atoms with E-state index in [9.17, 15) is 72.0 Å². The minimum Gasteiger partial charge on any atom is -1.00 e. The first-order valence-corrected chi connectivity index (χ1v) is 31.9. The number of carbonyl (C=O) groups excluding carboxylic acids is 6. The predicted octanol–water partition coefficient (Wildman–Crippen LogP) is 1.68. The molecule has 7 N–H and O–H groups in total. The molecule has 43 heteroatoms. The number of sulfone groups is 3. The standard InChI is InChI=1S/C14H15Cl3FNO5S.C14H15Cl2FN4O5S.C14H17Cl2FN2O5S.C2H3ClO2.3CH4.ClH.N3.Na/c1-25(22,23)9-4-2-8(3-5-9)12(24-11(20)6-15)10(7-18)19-14(21)13(16)17;1-27(24,25)9-4-2-8(3-5-9)12(26-11(22)7-19-21-18)10(6-17)20-14(23)13(15)16;1-25(22,23)9-4-2-8(3-5-9)12(24-11(20)7-18)10(6-17)19-14(21)13(15)16;3-1-2(4)5;;;;;1-3-2;/h2-5,10,12-13H,6-7H2,1H3,(H,19,21);2-5,10,12-13H,6-7H2,1H3,(H,20,23);2-5,10,12-13H,6-7,18H2,1H3,(H,19,21);1H2,(H,4,5);3*1H4;1H;;/q;;;;;;;;-1;+1/t3*10-,12-;;;;;;;/m111......./s1. The van der Waals surface area contributed by atoms with Gasteiger partial charge in [-0.25, -0.2) is 43.2 Å². The van der Waals surface area contributed by atoms with Crippen LogP contribution in [0.25, 0.3) is 26.4 Å². The summed E-state index contributed by atoms with van der Waals surface area (Å²) in [7, 11) is -10.3. The Balaban J connectivity index is -0.000000210. The third-order valence-corrected chi connectivity index (χ3v) is 14.6. The van der Waals surface area contributed by atoms with E-state index >= 15 is 0 Å². The zero-order chi connectivity index (χ0) is 66.0. The van der Waals surface area contributed by atoms with Crippen LogP contribution < -0.4 is 63.6 Å². The first-order valence-electron chi connectivity index (χ1n) is 22.5. The van der Waals surface area contributed by atoms with E-state index in [4.69, 9.17) is 129 Å². The number of amides is 3. The number of aliphatic carboxylic acids is 1. The second-order valence-corrected chi connectivity index (χ2v) is 25.7. The molecule has 0 fully saturated rings. The topological polar surface area (TPSA) is 441 Å². The molecule has 0 heterocycles. The molecule has 506 valence electrons. The van der Waals surface area contributed by atoms with Crippen molar-refractivity contribution in [1.29, 1.82) is 0 Å². The van der Waals surface area contributed by atoms with Gasteiger partial charge in [0.1, 0.15) is 56.6 Å². The molecule has 0 aliphatic carbocycles. The summed E-state index contributed by atoms with van der Waals surface area (Å²) < 4.78 is 125. The largest absolute Gasteiger partial charge is 1.00 e. The average Bonchev–Trinajstić information content (AvgIpc) is 1.18. The van der Waals surface area contributed by atoms with Crippen molar-refractivity contribution in [3.05, 3.63) is 116 Å². The van der Waals surface area contributed by atoms with Gasteiger partial charge in [0, 0.05) is 23.7 Å². The Hall–Kier alpha value is -4.22. The summed E-state index contributed by atoms with van der Waals surface area (Å²) in [4.78, 5) is 78.6. The summed E-state index contributed by atoms with van der Waals surface area (Å²) >= 11 is 42.7. The third kappa shape index (κ3) is 40.0. The van der Waals surface area contributed by atoms with Crippen molar-refractivity contribution in [1.82, 2.24) is 16.0 Å². The maximum Gasteiger partial charge on any atom is 1.00 e. The van der Waals surface area contributed by atoms with E-state index in [1.807, 2.05) is 0 Å². The summed E-state index contributed by atoms with van der Waals surface area (Å²) in [5.41, 5.74) is 25.9. The number of alkyl halides is 11. The van der Waals surface area contributed by atoms with Crippen LogP contribution in [-0.4, -0.2) is 168 Å². The molecule has 0 bridgehead atoms. The summed E-state index contributed by atoms with van der Waals surface area (Å²) in [6, 6.07) is 11.7. The fourth-order valence-electron chi connectivity index (χ4n) is 5.83. The molecule has 0 aliphatic heterocycles. The zero-order valence-corrected chi connectivity index (χ0v) is 56.5. The smallest absolute Gasteiger partial charge is 1.00 e. The van der Waals surface area contributed by atoms with Crippen molar-refractivity contribution in [2.24, 2.45) is 5.11 Å². The van der Waals surface area contributed by atoms with Crippen molar-refractivity contribution in [3.8, 4) is 0 Å². The molecular formula is C47H63Cl9F3N10NaO17S3. The number of quaternary nitrogens is 1. The maximum absolute atomic E-state index is 13.5. The Kier molecular flexibility index (Phi) is 56.5. The van der Waals surface area contributed by atoms with E-state index in [0.717, 1.165) is 18.8 Å². The number of nitrogens with one attached hydrogen (secondary N) is 3.